The number of nitrogens with two attached hydrogens (primary N) is 1. The lowest BCUT2D eigenvalue weighted by Gasteiger charge is -2.19. The Balaban J connectivity index is 2.04. The molecule has 1 heterocycles. The van der Waals surface area contributed by atoms with Crippen molar-refractivity contribution in [1.29, 1.82) is 0 Å². The van der Waals surface area contributed by atoms with Crippen LogP contribution in [-0.4, -0.2) is 43.9 Å². The molecular weight excluding hydrogens is 320 g/mol. The summed E-state index contributed by atoms with van der Waals surface area (Å²) in [5, 5.41) is 2.66. The van der Waals surface area contributed by atoms with Gasteiger partial charge in [-0.25, -0.2) is 8.42 Å². The lowest BCUT2D eigenvalue weighted by molar-refractivity contribution is -0.127. The summed E-state index contributed by atoms with van der Waals surface area (Å²) < 4.78 is 28.4. The van der Waals surface area contributed by atoms with Gasteiger partial charge in [0.15, 0.2) is 15.9 Å². The number of aryl methyl sites for hydroxylation is 1. The molecule has 3 N–H and O–H groups in total. The minimum atomic E-state index is -3.07. The predicted molar refractivity (Wildman–Crippen MR) is 85.0 cm³/mol. The SMILES string of the molecule is Cc1ccc(C(N)=O)c(O[C@H](C)C(=O)N[C@H]2CCS(=O)(=O)C2)c1. The third-order valence-corrected chi connectivity index (χ3v) is 5.42. The fraction of sp³-hybridized carbons (Fsp3) is 0.467. The average Bonchev–Trinajstić information content (AvgIpc) is 2.77. The summed E-state index contributed by atoms with van der Waals surface area (Å²) in [5.41, 5.74) is 6.35. The summed E-state index contributed by atoms with van der Waals surface area (Å²) in [6.07, 6.45) is -0.476. The first-order chi connectivity index (χ1) is 10.7. The molecule has 8 heteroatoms. The van der Waals surface area contributed by atoms with E-state index in [1.165, 1.54) is 6.92 Å². The molecule has 1 aromatic carbocycles. The number of carbonyl (C=O) groups is 2. The van der Waals surface area contributed by atoms with Crippen molar-refractivity contribution < 1.29 is 22.7 Å². The van der Waals surface area contributed by atoms with Gasteiger partial charge in [-0.05, 0) is 38.0 Å². The highest BCUT2D eigenvalue weighted by Crippen LogP contribution is 2.21. The Morgan fingerprint density at radius 2 is 2.09 bits per heavy atom. The molecule has 0 spiro atoms. The fourth-order valence-electron chi connectivity index (χ4n) is 2.40. The third kappa shape index (κ3) is 4.44. The van der Waals surface area contributed by atoms with Crippen LogP contribution in [0.2, 0.25) is 0 Å². The summed E-state index contributed by atoms with van der Waals surface area (Å²) >= 11 is 0. The molecule has 1 aliphatic rings. The van der Waals surface area contributed by atoms with Crippen LogP contribution in [0.4, 0.5) is 0 Å². The monoisotopic (exact) mass is 340 g/mol. The Bertz CT molecular complexity index is 729. The highest BCUT2D eigenvalue weighted by molar-refractivity contribution is 7.91. The topological polar surface area (TPSA) is 116 Å². The summed E-state index contributed by atoms with van der Waals surface area (Å²) in [4.78, 5) is 23.5. The van der Waals surface area contributed by atoms with Crippen molar-refractivity contribution in [1.82, 2.24) is 5.32 Å². The summed E-state index contributed by atoms with van der Waals surface area (Å²) in [5.74, 6) is -0.808. The summed E-state index contributed by atoms with van der Waals surface area (Å²) in [6, 6.07) is 4.50. The van der Waals surface area contributed by atoms with Gasteiger partial charge in [-0.1, -0.05) is 6.07 Å². The molecule has 1 saturated heterocycles. The van der Waals surface area contributed by atoms with E-state index in [0.29, 0.717) is 6.42 Å². The summed E-state index contributed by atoms with van der Waals surface area (Å²) in [6.45, 7) is 3.36. The number of nitrogens with one attached hydrogen (secondary N) is 1. The molecule has 2 amide bonds. The van der Waals surface area contributed by atoms with Crippen LogP contribution in [0.3, 0.4) is 0 Å². The minimum absolute atomic E-state index is 0.0531. The Labute approximate surface area is 135 Å². The second-order valence-electron chi connectivity index (χ2n) is 5.73. The van der Waals surface area contributed by atoms with E-state index in [1.54, 1.807) is 18.2 Å². The van der Waals surface area contributed by atoms with Gasteiger partial charge in [0, 0.05) is 6.04 Å². The second-order valence-corrected chi connectivity index (χ2v) is 7.96. The Morgan fingerprint density at radius 3 is 2.65 bits per heavy atom. The molecular formula is C15H20N2O5S. The molecule has 0 aliphatic carbocycles. The van der Waals surface area contributed by atoms with Crippen LogP contribution < -0.4 is 15.8 Å². The molecule has 7 nitrogen and oxygen atoms in total. The van der Waals surface area contributed by atoms with E-state index < -0.39 is 33.8 Å². The zero-order valence-electron chi connectivity index (χ0n) is 13.0. The first-order valence-corrected chi connectivity index (χ1v) is 9.08. The number of carbonyl (C=O) groups excluding carboxylic acids is 2. The molecule has 2 atom stereocenters. The zero-order chi connectivity index (χ0) is 17.2. The van der Waals surface area contributed by atoms with E-state index in [9.17, 15) is 18.0 Å². The molecule has 126 valence electrons. The van der Waals surface area contributed by atoms with Crippen molar-refractivity contribution in [2.45, 2.75) is 32.4 Å². The van der Waals surface area contributed by atoms with Crippen LogP contribution in [0.5, 0.6) is 5.75 Å². The predicted octanol–water partition coefficient (Wildman–Crippen LogP) is 0.165. The number of hydrogen-bond acceptors (Lipinski definition) is 5. The van der Waals surface area contributed by atoms with Crippen molar-refractivity contribution in [3.63, 3.8) is 0 Å². The normalized spacial score (nSPS) is 20.7. The van der Waals surface area contributed by atoms with Crippen LogP contribution in [0, 0.1) is 6.92 Å². The van der Waals surface area contributed by atoms with Crippen LogP contribution in [0.1, 0.15) is 29.3 Å². The number of hydrogen-bond donors (Lipinski definition) is 2. The number of sulfone groups is 1. The lowest BCUT2D eigenvalue weighted by atomic mass is 10.1. The number of rotatable bonds is 5. The van der Waals surface area contributed by atoms with Gasteiger partial charge in [0.25, 0.3) is 11.8 Å². The first kappa shape index (κ1) is 17.3. The molecule has 0 bridgehead atoms. The van der Waals surface area contributed by atoms with Gasteiger partial charge < -0.3 is 15.8 Å². The maximum absolute atomic E-state index is 12.1. The average molecular weight is 340 g/mol. The van der Waals surface area contributed by atoms with Gasteiger partial charge >= 0.3 is 0 Å². The van der Waals surface area contributed by atoms with E-state index in [-0.39, 0.29) is 22.8 Å². The Hall–Kier alpha value is -2.09. The van der Waals surface area contributed by atoms with E-state index in [0.717, 1.165) is 5.56 Å². The minimum Gasteiger partial charge on any atom is -0.480 e. The maximum Gasteiger partial charge on any atom is 0.261 e. The molecule has 23 heavy (non-hydrogen) atoms. The van der Waals surface area contributed by atoms with Crippen LogP contribution in [0.15, 0.2) is 18.2 Å². The standard InChI is InChI=1S/C15H20N2O5S/c1-9-3-4-12(14(16)18)13(7-9)22-10(2)15(19)17-11-5-6-23(20,21)8-11/h3-4,7,10-11H,5-6,8H2,1-2H3,(H2,16,18)(H,17,19)/t10-,11+/m1/s1. The van der Waals surface area contributed by atoms with Crippen molar-refractivity contribution in [2.24, 2.45) is 5.73 Å². The maximum atomic E-state index is 12.1. The number of amides is 2. The van der Waals surface area contributed by atoms with Crippen molar-refractivity contribution in [2.75, 3.05) is 11.5 Å². The molecule has 0 radical (unpaired) electrons. The van der Waals surface area contributed by atoms with Crippen LogP contribution >= 0.6 is 0 Å². The van der Waals surface area contributed by atoms with Gasteiger partial charge in [0.1, 0.15) is 5.75 Å². The molecule has 1 fully saturated rings. The van der Waals surface area contributed by atoms with Crippen molar-refractivity contribution in [3.8, 4) is 5.75 Å². The Morgan fingerprint density at radius 1 is 1.39 bits per heavy atom. The fourth-order valence-corrected chi connectivity index (χ4v) is 4.08. The number of benzene rings is 1. The molecule has 1 aliphatic heterocycles. The lowest BCUT2D eigenvalue weighted by Crippen LogP contribution is -2.43. The highest BCUT2D eigenvalue weighted by Gasteiger charge is 2.30. The van der Waals surface area contributed by atoms with Gasteiger partial charge in [-0.2, -0.15) is 0 Å². The highest BCUT2D eigenvalue weighted by atomic mass is 32.2. The quantitative estimate of drug-likeness (QED) is 0.792. The molecule has 0 unspecified atom stereocenters. The van der Waals surface area contributed by atoms with Gasteiger partial charge in [0.2, 0.25) is 0 Å². The zero-order valence-corrected chi connectivity index (χ0v) is 13.9. The largest absolute Gasteiger partial charge is 0.480 e. The van der Waals surface area contributed by atoms with E-state index in [4.69, 9.17) is 10.5 Å². The Kier molecular flexibility index (Phi) is 4.93. The number of ether oxygens (including phenoxy) is 1. The number of primary amides is 1. The molecule has 2 rings (SSSR count). The summed E-state index contributed by atoms with van der Waals surface area (Å²) in [7, 11) is -3.07. The van der Waals surface area contributed by atoms with E-state index in [2.05, 4.69) is 5.32 Å². The second kappa shape index (κ2) is 6.57. The smallest absolute Gasteiger partial charge is 0.261 e. The van der Waals surface area contributed by atoms with Crippen LogP contribution in [-0.2, 0) is 14.6 Å². The van der Waals surface area contributed by atoms with Crippen molar-refractivity contribution in [3.05, 3.63) is 29.3 Å². The van der Waals surface area contributed by atoms with Crippen molar-refractivity contribution >= 4 is 21.7 Å². The van der Waals surface area contributed by atoms with Gasteiger partial charge in [0.05, 0.1) is 17.1 Å². The van der Waals surface area contributed by atoms with Gasteiger partial charge in [-0.3, -0.25) is 9.59 Å². The first-order valence-electron chi connectivity index (χ1n) is 7.26. The van der Waals surface area contributed by atoms with Crippen LogP contribution in [0.25, 0.3) is 0 Å². The van der Waals surface area contributed by atoms with E-state index in [1.807, 2.05) is 6.92 Å². The third-order valence-electron chi connectivity index (χ3n) is 3.65. The molecule has 0 saturated carbocycles. The van der Waals surface area contributed by atoms with Gasteiger partial charge in [-0.15, -0.1) is 0 Å². The molecule has 0 aromatic heterocycles. The molecule has 1 aromatic rings. The van der Waals surface area contributed by atoms with E-state index >= 15 is 0 Å².